The van der Waals surface area contributed by atoms with Gasteiger partial charge in [-0.3, -0.25) is 4.98 Å². The summed E-state index contributed by atoms with van der Waals surface area (Å²) < 4.78 is 0. The molecule has 0 fully saturated rings. The van der Waals surface area contributed by atoms with Gasteiger partial charge in [0.25, 0.3) is 0 Å². The Labute approximate surface area is 117 Å². The molecular weight excluding hydrogens is 252 g/mol. The van der Waals surface area contributed by atoms with Crippen LogP contribution < -0.4 is 5.32 Å². The summed E-state index contributed by atoms with van der Waals surface area (Å²) in [6.07, 6.45) is 4.83. The molecule has 2 aromatic heterocycles. The van der Waals surface area contributed by atoms with Gasteiger partial charge in [-0.15, -0.1) is 11.3 Å². The van der Waals surface area contributed by atoms with Crippen molar-refractivity contribution in [3.63, 3.8) is 0 Å². The van der Waals surface area contributed by atoms with Crippen LogP contribution in [0.4, 0.5) is 5.69 Å². The molecule has 2 heterocycles. The predicted octanol–water partition coefficient (Wildman–Crippen LogP) is 4.86. The summed E-state index contributed by atoms with van der Waals surface area (Å²) in [6.45, 7) is 2.21. The highest BCUT2D eigenvalue weighted by Crippen LogP contribution is 2.29. The lowest BCUT2D eigenvalue weighted by atomic mass is 10.1. The predicted molar refractivity (Wildman–Crippen MR) is 82.7 cm³/mol. The first-order chi connectivity index (χ1) is 9.38. The highest BCUT2D eigenvalue weighted by molar-refractivity contribution is 7.10. The molecule has 1 aromatic carbocycles. The SMILES string of the molecule is CCC(Nc1cccc2cnccc12)c1cccs1. The fourth-order valence-corrected chi connectivity index (χ4v) is 3.16. The number of benzene rings is 1. The second-order valence-corrected chi connectivity index (χ2v) is 5.50. The molecule has 0 aliphatic rings. The fourth-order valence-electron chi connectivity index (χ4n) is 2.30. The molecular formula is C16H16N2S. The number of pyridine rings is 1. The highest BCUT2D eigenvalue weighted by atomic mass is 32.1. The van der Waals surface area contributed by atoms with E-state index in [1.807, 2.05) is 12.4 Å². The van der Waals surface area contributed by atoms with Gasteiger partial charge in [0.2, 0.25) is 0 Å². The van der Waals surface area contributed by atoms with Gasteiger partial charge in [-0.25, -0.2) is 0 Å². The first-order valence-corrected chi connectivity index (χ1v) is 7.39. The molecule has 3 aromatic rings. The van der Waals surface area contributed by atoms with Gasteiger partial charge < -0.3 is 5.32 Å². The summed E-state index contributed by atoms with van der Waals surface area (Å²) in [5, 5.41) is 8.19. The summed E-state index contributed by atoms with van der Waals surface area (Å²) in [7, 11) is 0. The van der Waals surface area contributed by atoms with Gasteiger partial charge in [0.05, 0.1) is 6.04 Å². The average molecular weight is 268 g/mol. The van der Waals surface area contributed by atoms with Gasteiger partial charge in [0.15, 0.2) is 0 Å². The third kappa shape index (κ3) is 2.47. The number of nitrogens with one attached hydrogen (secondary N) is 1. The van der Waals surface area contributed by atoms with E-state index in [9.17, 15) is 0 Å². The maximum absolute atomic E-state index is 4.18. The Bertz CT molecular complexity index is 656. The summed E-state index contributed by atoms with van der Waals surface area (Å²) >= 11 is 1.81. The molecule has 0 radical (unpaired) electrons. The van der Waals surface area contributed by atoms with Crippen LogP contribution in [0.25, 0.3) is 10.8 Å². The minimum absolute atomic E-state index is 0.374. The Morgan fingerprint density at radius 1 is 1.21 bits per heavy atom. The van der Waals surface area contributed by atoms with Crippen molar-refractivity contribution in [2.75, 3.05) is 5.32 Å². The van der Waals surface area contributed by atoms with Crippen LogP contribution in [0.3, 0.4) is 0 Å². The molecule has 0 saturated heterocycles. The zero-order valence-corrected chi connectivity index (χ0v) is 11.7. The molecule has 2 nitrogen and oxygen atoms in total. The van der Waals surface area contributed by atoms with Gasteiger partial charge in [0, 0.05) is 33.7 Å². The normalized spacial score (nSPS) is 12.5. The molecule has 1 unspecified atom stereocenters. The Hall–Kier alpha value is -1.87. The minimum Gasteiger partial charge on any atom is -0.377 e. The maximum atomic E-state index is 4.18. The quantitative estimate of drug-likeness (QED) is 0.731. The van der Waals surface area contributed by atoms with Crippen molar-refractivity contribution in [1.29, 1.82) is 0 Å². The standard InChI is InChI=1S/C16H16N2S/c1-2-14(16-7-4-10-19-16)18-15-6-3-5-12-11-17-9-8-13(12)15/h3-11,14,18H,2H2,1H3. The van der Waals surface area contributed by atoms with Crippen LogP contribution in [0.15, 0.2) is 54.2 Å². The Kier molecular flexibility index (Phi) is 3.47. The van der Waals surface area contributed by atoms with E-state index in [0.717, 1.165) is 6.42 Å². The number of hydrogen-bond acceptors (Lipinski definition) is 3. The second-order valence-electron chi connectivity index (χ2n) is 4.52. The number of fused-ring (bicyclic) bond motifs is 1. The molecule has 1 N–H and O–H groups in total. The summed E-state index contributed by atoms with van der Waals surface area (Å²) in [4.78, 5) is 5.56. The van der Waals surface area contributed by atoms with Crippen LogP contribution in [0.2, 0.25) is 0 Å². The minimum atomic E-state index is 0.374. The van der Waals surface area contributed by atoms with Crippen molar-refractivity contribution in [3.05, 3.63) is 59.0 Å². The maximum Gasteiger partial charge on any atom is 0.0604 e. The lowest BCUT2D eigenvalue weighted by molar-refractivity contribution is 0.765. The molecule has 1 atom stereocenters. The van der Waals surface area contributed by atoms with Crippen molar-refractivity contribution in [2.45, 2.75) is 19.4 Å². The molecule has 3 heteroatoms. The van der Waals surface area contributed by atoms with E-state index in [4.69, 9.17) is 0 Å². The first kappa shape index (κ1) is 12.2. The Morgan fingerprint density at radius 2 is 2.16 bits per heavy atom. The summed E-state index contributed by atoms with van der Waals surface area (Å²) in [5.41, 5.74) is 1.18. The van der Waals surface area contributed by atoms with Crippen molar-refractivity contribution >= 4 is 27.8 Å². The van der Waals surface area contributed by atoms with Gasteiger partial charge in [-0.2, -0.15) is 0 Å². The molecule has 0 saturated carbocycles. The van der Waals surface area contributed by atoms with E-state index in [-0.39, 0.29) is 0 Å². The van der Waals surface area contributed by atoms with Gasteiger partial charge in [-0.1, -0.05) is 25.1 Å². The number of anilines is 1. The van der Waals surface area contributed by atoms with Crippen LogP contribution >= 0.6 is 11.3 Å². The molecule has 19 heavy (non-hydrogen) atoms. The number of thiophene rings is 1. The third-order valence-corrected chi connectivity index (χ3v) is 4.29. The molecule has 3 rings (SSSR count). The molecule has 0 amide bonds. The van der Waals surface area contributed by atoms with Gasteiger partial charge in [0.1, 0.15) is 0 Å². The van der Waals surface area contributed by atoms with E-state index in [1.165, 1.54) is 21.3 Å². The zero-order valence-electron chi connectivity index (χ0n) is 10.8. The van der Waals surface area contributed by atoms with E-state index < -0.39 is 0 Å². The molecule has 0 aliphatic heterocycles. The lowest BCUT2D eigenvalue weighted by Crippen LogP contribution is -2.08. The lowest BCUT2D eigenvalue weighted by Gasteiger charge is -2.18. The summed E-state index contributed by atoms with van der Waals surface area (Å²) in [5.74, 6) is 0. The smallest absolute Gasteiger partial charge is 0.0604 e. The number of rotatable bonds is 4. The fraction of sp³-hybridized carbons (Fsp3) is 0.188. The van der Waals surface area contributed by atoms with Crippen LogP contribution in [-0.4, -0.2) is 4.98 Å². The van der Waals surface area contributed by atoms with Crippen LogP contribution in [0.1, 0.15) is 24.3 Å². The third-order valence-electron chi connectivity index (χ3n) is 3.31. The van der Waals surface area contributed by atoms with Gasteiger partial charge >= 0.3 is 0 Å². The largest absolute Gasteiger partial charge is 0.377 e. The number of nitrogens with zero attached hydrogens (tertiary/aromatic N) is 1. The van der Waals surface area contributed by atoms with E-state index in [1.54, 1.807) is 11.3 Å². The first-order valence-electron chi connectivity index (χ1n) is 6.51. The highest BCUT2D eigenvalue weighted by Gasteiger charge is 2.11. The van der Waals surface area contributed by atoms with Crippen molar-refractivity contribution in [2.24, 2.45) is 0 Å². The van der Waals surface area contributed by atoms with E-state index >= 15 is 0 Å². The van der Waals surface area contributed by atoms with Crippen molar-refractivity contribution < 1.29 is 0 Å². The van der Waals surface area contributed by atoms with E-state index in [0.29, 0.717) is 6.04 Å². The topological polar surface area (TPSA) is 24.9 Å². The molecule has 0 bridgehead atoms. The molecule has 0 spiro atoms. The second kappa shape index (κ2) is 5.41. The number of hydrogen-bond donors (Lipinski definition) is 1. The zero-order chi connectivity index (χ0) is 13.1. The van der Waals surface area contributed by atoms with E-state index in [2.05, 4.69) is 59.0 Å². The Balaban J connectivity index is 1.96. The molecule has 0 aliphatic carbocycles. The van der Waals surface area contributed by atoms with Crippen molar-refractivity contribution in [3.8, 4) is 0 Å². The van der Waals surface area contributed by atoms with Crippen LogP contribution in [0.5, 0.6) is 0 Å². The Morgan fingerprint density at radius 3 is 2.95 bits per heavy atom. The monoisotopic (exact) mass is 268 g/mol. The van der Waals surface area contributed by atoms with Gasteiger partial charge in [-0.05, 0) is 30.0 Å². The van der Waals surface area contributed by atoms with Crippen LogP contribution in [-0.2, 0) is 0 Å². The van der Waals surface area contributed by atoms with Crippen molar-refractivity contribution in [1.82, 2.24) is 4.98 Å². The van der Waals surface area contributed by atoms with Crippen LogP contribution in [0, 0.1) is 0 Å². The summed E-state index contributed by atoms with van der Waals surface area (Å²) in [6, 6.07) is 13.1. The molecule has 96 valence electrons. The number of aromatic nitrogens is 1. The average Bonchev–Trinajstić information content (AvgIpc) is 2.99.